The van der Waals surface area contributed by atoms with Gasteiger partial charge < -0.3 is 9.73 Å². The molecule has 1 unspecified atom stereocenters. The summed E-state index contributed by atoms with van der Waals surface area (Å²) in [5, 5.41) is 13.7. The van der Waals surface area contributed by atoms with Crippen LogP contribution in [-0.2, 0) is 12.2 Å². The predicted molar refractivity (Wildman–Crippen MR) is 151 cm³/mol. The first kappa shape index (κ1) is 25.8. The summed E-state index contributed by atoms with van der Waals surface area (Å²) in [4.78, 5) is 13.1. The molecule has 192 valence electrons. The number of hydrogen-bond donors (Lipinski definition) is 1. The fourth-order valence-corrected chi connectivity index (χ4v) is 5.36. The lowest BCUT2D eigenvalue weighted by molar-refractivity contribution is 0.0906. The van der Waals surface area contributed by atoms with Crippen molar-refractivity contribution in [2.24, 2.45) is 0 Å². The zero-order valence-corrected chi connectivity index (χ0v) is 22.7. The van der Waals surface area contributed by atoms with Gasteiger partial charge in [-0.05, 0) is 61.2 Å². The van der Waals surface area contributed by atoms with Crippen molar-refractivity contribution >= 4 is 29.3 Å². The number of carbonyl (C=O) groups excluding carboxylic acids is 1. The van der Waals surface area contributed by atoms with Gasteiger partial charge in [0.1, 0.15) is 0 Å². The number of furan rings is 1. The fourth-order valence-electron chi connectivity index (χ4n) is 4.29. The Balaban J connectivity index is 1.57. The number of nitrogens with one attached hydrogen (secondary N) is 1. The monoisotopic (exact) mass is 542 g/mol. The van der Waals surface area contributed by atoms with E-state index >= 15 is 0 Å². The van der Waals surface area contributed by atoms with Gasteiger partial charge in [-0.1, -0.05) is 89.6 Å². The molecule has 2 aromatic heterocycles. The minimum absolute atomic E-state index is 0.238. The zero-order chi connectivity index (χ0) is 26.5. The van der Waals surface area contributed by atoms with Crippen LogP contribution in [0, 0.1) is 13.8 Å². The lowest BCUT2D eigenvalue weighted by Gasteiger charge is -2.21. The van der Waals surface area contributed by atoms with Gasteiger partial charge in [0, 0.05) is 10.8 Å². The maximum Gasteiger partial charge on any atom is 0.287 e. The number of hydrogen-bond acceptors (Lipinski definition) is 5. The molecule has 3 aromatic carbocycles. The summed E-state index contributed by atoms with van der Waals surface area (Å²) in [6.45, 7) is 4.11. The van der Waals surface area contributed by atoms with Gasteiger partial charge in [-0.15, -0.1) is 10.2 Å². The van der Waals surface area contributed by atoms with Crippen LogP contribution in [0.3, 0.4) is 0 Å². The lowest BCUT2D eigenvalue weighted by Crippen LogP contribution is -2.32. The molecule has 0 saturated heterocycles. The largest absolute Gasteiger partial charge is 0.459 e. The summed E-state index contributed by atoms with van der Waals surface area (Å²) in [7, 11) is 0. The third-order valence-electron chi connectivity index (χ3n) is 6.17. The maximum atomic E-state index is 13.1. The molecule has 0 aliphatic heterocycles. The van der Waals surface area contributed by atoms with E-state index in [1.54, 1.807) is 23.9 Å². The van der Waals surface area contributed by atoms with Crippen LogP contribution >= 0.6 is 23.4 Å². The quantitative estimate of drug-likeness (QED) is 0.200. The lowest BCUT2D eigenvalue weighted by atomic mass is 10.0. The summed E-state index contributed by atoms with van der Waals surface area (Å²) in [6.07, 6.45) is 2.01. The molecule has 8 heteroatoms. The average molecular weight is 543 g/mol. The van der Waals surface area contributed by atoms with E-state index in [1.807, 2.05) is 60.0 Å². The number of aromatic nitrogens is 3. The van der Waals surface area contributed by atoms with Crippen LogP contribution in [0.4, 0.5) is 0 Å². The van der Waals surface area contributed by atoms with Gasteiger partial charge in [-0.3, -0.25) is 9.36 Å². The number of thioether (sulfide) groups is 1. The highest BCUT2D eigenvalue weighted by molar-refractivity contribution is 7.98. The van der Waals surface area contributed by atoms with Gasteiger partial charge in [0.05, 0.1) is 18.0 Å². The molecule has 5 rings (SSSR count). The number of halogens is 1. The molecule has 1 atom stereocenters. The van der Waals surface area contributed by atoms with Gasteiger partial charge in [0.25, 0.3) is 5.91 Å². The van der Waals surface area contributed by atoms with E-state index in [2.05, 4.69) is 46.7 Å². The molecule has 1 amide bonds. The highest BCUT2D eigenvalue weighted by atomic mass is 35.5. The predicted octanol–water partition coefficient (Wildman–Crippen LogP) is 7.14. The number of benzene rings is 3. The summed E-state index contributed by atoms with van der Waals surface area (Å²) >= 11 is 8.04. The van der Waals surface area contributed by atoms with E-state index < -0.39 is 6.04 Å². The molecule has 0 fully saturated rings. The van der Waals surface area contributed by atoms with Crippen LogP contribution in [0.5, 0.6) is 0 Å². The van der Waals surface area contributed by atoms with E-state index in [9.17, 15) is 4.79 Å². The van der Waals surface area contributed by atoms with Crippen molar-refractivity contribution in [2.75, 3.05) is 0 Å². The van der Waals surface area contributed by atoms with Crippen LogP contribution in [0.25, 0.3) is 5.69 Å². The Morgan fingerprint density at radius 3 is 2.55 bits per heavy atom. The summed E-state index contributed by atoms with van der Waals surface area (Å²) in [5.74, 6) is 1.26. The summed E-state index contributed by atoms with van der Waals surface area (Å²) in [6, 6.07) is 27.0. The highest BCUT2D eigenvalue weighted by Crippen LogP contribution is 2.31. The second-order valence-electron chi connectivity index (χ2n) is 9.08. The molecule has 5 aromatic rings. The van der Waals surface area contributed by atoms with Crippen molar-refractivity contribution in [3.8, 4) is 5.69 Å². The van der Waals surface area contributed by atoms with E-state index in [4.69, 9.17) is 16.0 Å². The molecule has 2 heterocycles. The number of aryl methyl sites for hydroxylation is 2. The van der Waals surface area contributed by atoms with Crippen molar-refractivity contribution < 1.29 is 9.21 Å². The SMILES string of the molecule is Cc1cccc(CSc2nnc(C(Cc3ccccc3)NC(=O)c3ccco3)n2-c2cc(Cl)ccc2C)c1. The number of carbonyl (C=O) groups is 1. The number of nitrogens with zero attached hydrogens (tertiary/aromatic N) is 3. The van der Waals surface area contributed by atoms with Crippen molar-refractivity contribution in [1.29, 1.82) is 0 Å². The van der Waals surface area contributed by atoms with Crippen molar-refractivity contribution in [3.05, 3.63) is 130 Å². The van der Waals surface area contributed by atoms with E-state index in [-0.39, 0.29) is 11.7 Å². The summed E-state index contributed by atoms with van der Waals surface area (Å²) in [5.41, 5.74) is 5.35. The second kappa shape index (κ2) is 11.7. The maximum absolute atomic E-state index is 13.1. The third kappa shape index (κ3) is 6.01. The van der Waals surface area contributed by atoms with Crippen molar-refractivity contribution in [2.45, 2.75) is 37.2 Å². The Morgan fingerprint density at radius 1 is 0.974 bits per heavy atom. The Morgan fingerprint density at radius 2 is 1.79 bits per heavy atom. The Labute approximate surface area is 231 Å². The Bertz CT molecular complexity index is 1530. The van der Waals surface area contributed by atoms with Crippen LogP contribution in [0.15, 0.2) is 101 Å². The minimum atomic E-state index is -0.478. The normalized spacial score (nSPS) is 11.9. The smallest absolute Gasteiger partial charge is 0.287 e. The number of amides is 1. The molecule has 0 radical (unpaired) electrons. The van der Waals surface area contributed by atoms with Gasteiger partial charge in [-0.25, -0.2) is 0 Å². The highest BCUT2D eigenvalue weighted by Gasteiger charge is 2.27. The summed E-state index contributed by atoms with van der Waals surface area (Å²) < 4.78 is 7.37. The average Bonchev–Trinajstić information content (AvgIpc) is 3.60. The molecule has 0 saturated carbocycles. The van der Waals surface area contributed by atoms with Gasteiger partial charge >= 0.3 is 0 Å². The number of rotatable bonds is 9. The first-order valence-corrected chi connectivity index (χ1v) is 13.6. The van der Waals surface area contributed by atoms with Crippen LogP contribution < -0.4 is 5.32 Å². The van der Waals surface area contributed by atoms with Crippen molar-refractivity contribution in [3.63, 3.8) is 0 Å². The van der Waals surface area contributed by atoms with Crippen molar-refractivity contribution in [1.82, 2.24) is 20.1 Å². The Kier molecular flexibility index (Phi) is 7.96. The topological polar surface area (TPSA) is 73.0 Å². The molecule has 38 heavy (non-hydrogen) atoms. The molecular formula is C30H27ClN4O2S. The first-order valence-electron chi connectivity index (χ1n) is 12.3. The molecule has 0 aliphatic carbocycles. The van der Waals surface area contributed by atoms with Gasteiger partial charge in [0.2, 0.25) is 0 Å². The molecule has 0 spiro atoms. The van der Waals surface area contributed by atoms with Crippen LogP contribution in [-0.4, -0.2) is 20.7 Å². The molecular weight excluding hydrogens is 516 g/mol. The van der Waals surface area contributed by atoms with Crippen LogP contribution in [0.2, 0.25) is 5.02 Å². The van der Waals surface area contributed by atoms with E-state index in [0.717, 1.165) is 27.7 Å². The molecule has 0 aliphatic rings. The van der Waals surface area contributed by atoms with Gasteiger partial charge in [-0.2, -0.15) is 0 Å². The molecule has 1 N–H and O–H groups in total. The second-order valence-corrected chi connectivity index (χ2v) is 10.5. The van der Waals surface area contributed by atoms with E-state index in [1.165, 1.54) is 17.4 Å². The first-order chi connectivity index (χ1) is 18.5. The molecule has 0 bridgehead atoms. The fraction of sp³-hybridized carbons (Fsp3) is 0.167. The van der Waals surface area contributed by atoms with Crippen LogP contribution in [0.1, 0.15) is 44.7 Å². The zero-order valence-electron chi connectivity index (χ0n) is 21.1. The van der Waals surface area contributed by atoms with E-state index in [0.29, 0.717) is 17.3 Å². The Hall–Kier alpha value is -3.81. The minimum Gasteiger partial charge on any atom is -0.459 e. The standard InChI is InChI=1S/C30H27ClN4O2S/c1-20-8-6-11-23(16-20)19-38-30-34-33-28(35(30)26-18-24(31)14-13-21(26)2)25(17-22-9-4-3-5-10-22)32-29(36)27-12-7-15-37-27/h3-16,18,25H,17,19H2,1-2H3,(H,32,36). The van der Waals surface area contributed by atoms with Gasteiger partial charge in [0.15, 0.2) is 16.7 Å². The third-order valence-corrected chi connectivity index (χ3v) is 7.40. The molecule has 6 nitrogen and oxygen atoms in total.